The quantitative estimate of drug-likeness (QED) is 0.0590. The second kappa shape index (κ2) is 13.5. The van der Waals surface area contributed by atoms with Gasteiger partial charge in [-0.25, -0.2) is 10.5 Å². The lowest BCUT2D eigenvalue weighted by Gasteiger charge is -2.40. The molecule has 258 valence electrons. The number of nitrogens with zero attached hydrogens (tertiary/aromatic N) is 1. The van der Waals surface area contributed by atoms with Gasteiger partial charge in [-0.1, -0.05) is 12.8 Å². The lowest BCUT2D eigenvalue weighted by molar-refractivity contribution is -0.372. The van der Waals surface area contributed by atoms with Crippen LogP contribution in [0, 0.1) is 0 Å². The number of aliphatic hydroxyl groups is 2. The second-order valence-electron chi connectivity index (χ2n) is 12.0. The van der Waals surface area contributed by atoms with Gasteiger partial charge >= 0.3 is 11.9 Å². The number of carboxylic acid groups (broad SMARTS) is 1. The monoisotopic (exact) mass is 673 g/mol. The van der Waals surface area contributed by atoms with Crippen molar-refractivity contribution in [3.63, 3.8) is 0 Å². The number of rotatable bonds is 10. The highest BCUT2D eigenvalue weighted by molar-refractivity contribution is 5.90. The van der Waals surface area contributed by atoms with E-state index in [9.17, 15) is 19.8 Å². The highest BCUT2D eigenvalue weighted by atomic mass is 17.2. The average Bonchev–Trinajstić information content (AvgIpc) is 3.82. The number of carbonyl (C=O) groups excluding carboxylic acids is 1. The van der Waals surface area contributed by atoms with Gasteiger partial charge in [0.05, 0.1) is 18.6 Å². The van der Waals surface area contributed by atoms with Crippen LogP contribution in [0.2, 0.25) is 0 Å². The first-order valence-corrected chi connectivity index (χ1v) is 15.6. The van der Waals surface area contributed by atoms with Crippen LogP contribution in [0.5, 0.6) is 28.7 Å². The van der Waals surface area contributed by atoms with Gasteiger partial charge in [0.15, 0.2) is 29.6 Å². The number of nitrogens with two attached hydrogens (primary N) is 1. The number of carboxylic acids is 1. The Morgan fingerprint density at radius 3 is 2.56 bits per heavy atom. The fourth-order valence-corrected chi connectivity index (χ4v) is 6.41. The Labute approximate surface area is 273 Å². The van der Waals surface area contributed by atoms with E-state index in [2.05, 4.69) is 10.5 Å². The van der Waals surface area contributed by atoms with E-state index in [4.69, 9.17) is 53.9 Å². The minimum absolute atomic E-state index is 0.0230. The summed E-state index contributed by atoms with van der Waals surface area (Å²) >= 11 is 0. The molecule has 1 saturated carbocycles. The van der Waals surface area contributed by atoms with Crippen molar-refractivity contribution in [2.45, 2.75) is 80.9 Å². The van der Waals surface area contributed by atoms with Crippen molar-refractivity contribution < 1.29 is 67.9 Å². The molecule has 0 radical (unpaired) electrons. The van der Waals surface area contributed by atoms with E-state index in [-0.39, 0.29) is 30.5 Å². The highest BCUT2D eigenvalue weighted by Gasteiger charge is 2.49. The number of hydrogen-bond donors (Lipinski definition) is 5. The maximum atomic E-state index is 11.8. The normalized spacial score (nSPS) is 28.8. The predicted octanol–water partition coefficient (Wildman–Crippen LogP) is 0.947. The summed E-state index contributed by atoms with van der Waals surface area (Å²) in [7, 11) is 0. The van der Waals surface area contributed by atoms with E-state index in [1.807, 2.05) is 6.07 Å². The van der Waals surface area contributed by atoms with Crippen LogP contribution in [0.4, 0.5) is 0 Å². The number of fused-ring (bicyclic) bond motifs is 6. The maximum absolute atomic E-state index is 11.8. The lowest BCUT2D eigenvalue weighted by atomic mass is 9.89. The smallest absolute Gasteiger partial charge is 0.317 e. The van der Waals surface area contributed by atoms with Crippen molar-refractivity contribution in [1.82, 2.24) is 5.48 Å². The number of guanidine groups is 1. The van der Waals surface area contributed by atoms with Crippen LogP contribution in [-0.2, 0) is 28.8 Å². The number of esters is 1. The molecule has 1 saturated heterocycles. The number of aliphatic imine (C=N–C) groups is 1. The molecule has 6 N–H and O–H groups in total. The zero-order valence-corrected chi connectivity index (χ0v) is 25.5. The molecule has 0 aromatic heterocycles. The fraction of sp³-hybridized carbons (Fsp3) is 0.516. The second-order valence-corrected chi connectivity index (χ2v) is 12.0. The van der Waals surface area contributed by atoms with Crippen LogP contribution in [-0.4, -0.2) is 90.0 Å². The molecule has 48 heavy (non-hydrogen) atoms. The summed E-state index contributed by atoms with van der Waals surface area (Å²) in [5.74, 6) is 0.0961. The molecule has 7 atom stereocenters. The van der Waals surface area contributed by atoms with Gasteiger partial charge in [0.2, 0.25) is 12.8 Å². The van der Waals surface area contributed by atoms with Gasteiger partial charge < -0.3 is 54.4 Å². The molecule has 4 heterocycles. The summed E-state index contributed by atoms with van der Waals surface area (Å²) in [6.07, 6.45) is -5.01. The molecular weight excluding hydrogens is 638 g/mol. The molecule has 0 spiro atoms. The lowest BCUT2D eigenvalue weighted by Crippen LogP contribution is -2.62. The third-order valence-corrected chi connectivity index (χ3v) is 8.77. The van der Waals surface area contributed by atoms with Crippen molar-refractivity contribution in [1.29, 1.82) is 0 Å². The predicted molar refractivity (Wildman–Crippen MR) is 158 cm³/mol. The van der Waals surface area contributed by atoms with E-state index < -0.39 is 61.8 Å². The molecule has 2 aromatic rings. The van der Waals surface area contributed by atoms with Gasteiger partial charge in [-0.3, -0.25) is 14.4 Å². The van der Waals surface area contributed by atoms with Gasteiger partial charge in [0.25, 0.3) is 0 Å². The molecule has 0 amide bonds. The first-order valence-electron chi connectivity index (χ1n) is 15.6. The van der Waals surface area contributed by atoms with Crippen molar-refractivity contribution >= 4 is 17.9 Å². The summed E-state index contributed by atoms with van der Waals surface area (Å²) < 4.78 is 33.7. The molecule has 7 rings (SSSR count). The van der Waals surface area contributed by atoms with Crippen LogP contribution < -0.4 is 35.0 Å². The Hall–Kier alpha value is -4.55. The number of ether oxygens (including phenoxy) is 6. The van der Waals surface area contributed by atoms with E-state index in [1.165, 1.54) is 0 Å². The Balaban J connectivity index is 1.05. The van der Waals surface area contributed by atoms with Gasteiger partial charge in [-0.2, -0.15) is 4.89 Å². The van der Waals surface area contributed by atoms with Crippen LogP contribution >= 0.6 is 0 Å². The molecule has 17 nitrogen and oxygen atoms in total. The van der Waals surface area contributed by atoms with E-state index >= 15 is 0 Å². The van der Waals surface area contributed by atoms with E-state index in [0.717, 1.165) is 31.2 Å². The minimum atomic E-state index is -1.76. The van der Waals surface area contributed by atoms with Crippen LogP contribution in [0.25, 0.3) is 0 Å². The van der Waals surface area contributed by atoms with Crippen LogP contribution in [0.15, 0.2) is 35.3 Å². The highest BCUT2D eigenvalue weighted by Crippen LogP contribution is 2.54. The van der Waals surface area contributed by atoms with Crippen molar-refractivity contribution in [2.75, 3.05) is 20.0 Å². The molecule has 4 aliphatic heterocycles. The van der Waals surface area contributed by atoms with Gasteiger partial charge in [0.1, 0.15) is 48.9 Å². The maximum Gasteiger partial charge on any atom is 0.317 e. The summed E-state index contributed by atoms with van der Waals surface area (Å²) in [6, 6.07) is 8.69. The SMILES string of the molecule is NC(=NC1CCCC1)NOC1C(O)C(COC(=O)CC(=O)O)OC(O)C1OOc1ccc2c(c1)C1Oc3cc4c(cc3C1CO2)OCO4. The average molecular weight is 674 g/mol. The van der Waals surface area contributed by atoms with Crippen molar-refractivity contribution in [3.8, 4) is 28.7 Å². The Morgan fingerprint density at radius 2 is 1.77 bits per heavy atom. The summed E-state index contributed by atoms with van der Waals surface area (Å²) in [6.45, 7) is -0.0503. The van der Waals surface area contributed by atoms with Crippen molar-refractivity contribution in [2.24, 2.45) is 10.7 Å². The molecule has 7 unspecified atom stereocenters. The molecular formula is C31H35N3O14. The topological polar surface area (TPSA) is 228 Å². The number of aliphatic hydroxyl groups excluding tert-OH is 2. The largest absolute Gasteiger partial charge is 0.492 e. The Morgan fingerprint density at radius 1 is 0.979 bits per heavy atom. The van der Waals surface area contributed by atoms with Crippen molar-refractivity contribution in [3.05, 3.63) is 41.5 Å². The molecule has 2 aromatic carbocycles. The number of nitrogens with one attached hydrogen (secondary N) is 1. The van der Waals surface area contributed by atoms with Crippen LogP contribution in [0.3, 0.4) is 0 Å². The van der Waals surface area contributed by atoms with Gasteiger partial charge in [-0.15, -0.1) is 0 Å². The van der Waals surface area contributed by atoms with Gasteiger partial charge in [0, 0.05) is 17.2 Å². The molecule has 5 aliphatic rings. The summed E-state index contributed by atoms with van der Waals surface area (Å²) in [5, 5.41) is 30.9. The summed E-state index contributed by atoms with van der Waals surface area (Å²) in [4.78, 5) is 43.9. The Bertz CT molecular complexity index is 1570. The minimum Gasteiger partial charge on any atom is -0.492 e. The molecule has 2 fully saturated rings. The number of hydroxylamine groups is 1. The molecule has 1 aliphatic carbocycles. The van der Waals surface area contributed by atoms with E-state index in [1.54, 1.807) is 24.3 Å². The first kappa shape index (κ1) is 32.0. The first-order chi connectivity index (χ1) is 23.2. The fourth-order valence-electron chi connectivity index (χ4n) is 6.41. The number of carbonyl (C=O) groups is 2. The molecule has 17 heteroatoms. The number of hydrogen-bond acceptors (Lipinski definition) is 14. The third kappa shape index (κ3) is 6.59. The molecule has 0 bridgehead atoms. The summed E-state index contributed by atoms with van der Waals surface area (Å²) in [5.41, 5.74) is 10.1. The Kier molecular flexibility index (Phi) is 9.02. The van der Waals surface area contributed by atoms with Gasteiger partial charge in [-0.05, 0) is 37.1 Å². The number of aliphatic carboxylic acids is 1. The van der Waals surface area contributed by atoms with E-state index in [0.29, 0.717) is 35.2 Å². The zero-order valence-electron chi connectivity index (χ0n) is 25.5. The third-order valence-electron chi connectivity index (χ3n) is 8.77. The standard InChI is InChI=1S/C31H35N3O14/c32-31(33-14-3-1-2-4-14)34-46-28-26(38)23(12-41-25(37)10-24(35)36)45-30(39)29(28)48-47-15-5-6-19-17(7-15)27-18(11-40-19)16-8-21-22(43-13-42-21)9-20(16)44-27/h5-9,14,18,23,26-30,38-39H,1-4,10-13H2,(H,35,36)(H3,32,33,34). The van der Waals surface area contributed by atoms with Crippen LogP contribution in [0.1, 0.15) is 55.3 Å². The zero-order chi connectivity index (χ0) is 33.4. The number of benzene rings is 2.